The van der Waals surface area contributed by atoms with Crippen molar-refractivity contribution in [3.8, 4) is 5.75 Å². The second-order valence-electron chi connectivity index (χ2n) is 4.81. The normalized spacial score (nSPS) is 18.9. The van der Waals surface area contributed by atoms with Crippen LogP contribution in [0.15, 0.2) is 28.8 Å². The summed E-state index contributed by atoms with van der Waals surface area (Å²) in [4.78, 5) is 4.31. The van der Waals surface area contributed by atoms with E-state index in [1.54, 1.807) is 18.2 Å². The van der Waals surface area contributed by atoms with E-state index in [1.807, 2.05) is 0 Å². The average molecular weight is 277 g/mol. The summed E-state index contributed by atoms with van der Waals surface area (Å²) >= 11 is 0. The molecule has 1 N–H and O–H groups in total. The fraction of sp³-hybridized carbons (Fsp3) is 0.429. The molecule has 1 fully saturated rings. The maximum Gasteiger partial charge on any atom is 0.264 e. The second-order valence-corrected chi connectivity index (χ2v) is 4.81. The van der Waals surface area contributed by atoms with Crippen molar-refractivity contribution in [3.05, 3.63) is 41.8 Å². The number of hydrogen-bond donors (Lipinski definition) is 1. The van der Waals surface area contributed by atoms with Gasteiger partial charge in [-0.1, -0.05) is 17.3 Å². The van der Waals surface area contributed by atoms with E-state index in [0.29, 0.717) is 11.7 Å². The molecule has 0 bridgehead atoms. The van der Waals surface area contributed by atoms with Gasteiger partial charge in [0, 0.05) is 12.5 Å². The Bertz CT molecular complexity index is 567. The Morgan fingerprint density at radius 3 is 3.10 bits per heavy atom. The number of benzene rings is 1. The van der Waals surface area contributed by atoms with E-state index in [2.05, 4.69) is 15.5 Å². The summed E-state index contributed by atoms with van der Waals surface area (Å²) in [5.41, 5.74) is 0. The SMILES string of the molecule is Fc1ccccc1OCc1nc([C@H]2CCCNC2)no1. The number of aromatic nitrogens is 2. The molecule has 1 atom stereocenters. The van der Waals surface area contributed by atoms with Crippen LogP contribution in [0.4, 0.5) is 4.39 Å². The minimum absolute atomic E-state index is 0.0775. The topological polar surface area (TPSA) is 60.2 Å². The Morgan fingerprint density at radius 1 is 1.40 bits per heavy atom. The van der Waals surface area contributed by atoms with Crippen LogP contribution in [-0.2, 0) is 6.61 Å². The highest BCUT2D eigenvalue weighted by molar-refractivity contribution is 5.23. The highest BCUT2D eigenvalue weighted by Gasteiger charge is 2.20. The van der Waals surface area contributed by atoms with E-state index >= 15 is 0 Å². The fourth-order valence-electron chi connectivity index (χ4n) is 2.27. The maximum absolute atomic E-state index is 13.4. The quantitative estimate of drug-likeness (QED) is 0.928. The lowest BCUT2D eigenvalue weighted by Gasteiger charge is -2.19. The van der Waals surface area contributed by atoms with Crippen LogP contribution in [0.2, 0.25) is 0 Å². The number of rotatable bonds is 4. The average Bonchev–Trinajstić information content (AvgIpc) is 2.96. The van der Waals surface area contributed by atoms with Crippen molar-refractivity contribution in [2.75, 3.05) is 13.1 Å². The van der Waals surface area contributed by atoms with E-state index < -0.39 is 5.82 Å². The molecular formula is C14H16FN3O2. The van der Waals surface area contributed by atoms with Crippen molar-refractivity contribution >= 4 is 0 Å². The molecule has 2 aromatic rings. The zero-order valence-electron chi connectivity index (χ0n) is 11.0. The molecular weight excluding hydrogens is 261 g/mol. The van der Waals surface area contributed by atoms with E-state index in [1.165, 1.54) is 6.07 Å². The highest BCUT2D eigenvalue weighted by Crippen LogP contribution is 2.21. The standard InChI is InChI=1S/C14H16FN3O2/c15-11-5-1-2-6-12(11)19-9-13-17-14(18-20-13)10-4-3-7-16-8-10/h1-2,5-6,10,16H,3-4,7-9H2/t10-/m0/s1. The fourth-order valence-corrected chi connectivity index (χ4v) is 2.27. The van der Waals surface area contributed by atoms with Gasteiger partial charge in [0.05, 0.1) is 0 Å². The molecule has 1 aliphatic rings. The molecule has 0 saturated carbocycles. The number of ether oxygens (including phenoxy) is 1. The lowest BCUT2D eigenvalue weighted by molar-refractivity contribution is 0.233. The largest absolute Gasteiger partial charge is 0.481 e. The molecule has 0 spiro atoms. The predicted octanol–water partition coefficient (Wildman–Crippen LogP) is 2.25. The van der Waals surface area contributed by atoms with Gasteiger partial charge in [-0.3, -0.25) is 0 Å². The molecule has 0 amide bonds. The molecule has 1 saturated heterocycles. The van der Waals surface area contributed by atoms with Crippen molar-refractivity contribution in [3.63, 3.8) is 0 Å². The third kappa shape index (κ3) is 2.96. The predicted molar refractivity (Wildman–Crippen MR) is 69.9 cm³/mol. The maximum atomic E-state index is 13.4. The molecule has 5 nitrogen and oxygen atoms in total. The third-order valence-corrected chi connectivity index (χ3v) is 3.33. The van der Waals surface area contributed by atoms with Crippen LogP contribution in [-0.4, -0.2) is 23.2 Å². The number of nitrogens with one attached hydrogen (secondary N) is 1. The van der Waals surface area contributed by atoms with Crippen molar-refractivity contribution in [1.29, 1.82) is 0 Å². The van der Waals surface area contributed by atoms with Gasteiger partial charge >= 0.3 is 0 Å². The van der Waals surface area contributed by atoms with Crippen molar-refractivity contribution in [2.45, 2.75) is 25.4 Å². The van der Waals surface area contributed by atoms with Crippen molar-refractivity contribution in [1.82, 2.24) is 15.5 Å². The first-order valence-electron chi connectivity index (χ1n) is 6.73. The molecule has 1 aromatic heterocycles. The van der Waals surface area contributed by atoms with Crippen LogP contribution in [0.25, 0.3) is 0 Å². The minimum atomic E-state index is -0.399. The van der Waals surface area contributed by atoms with Crippen molar-refractivity contribution < 1.29 is 13.7 Å². The van der Waals surface area contributed by atoms with E-state index in [4.69, 9.17) is 9.26 Å². The molecule has 20 heavy (non-hydrogen) atoms. The minimum Gasteiger partial charge on any atom is -0.481 e. The van der Waals surface area contributed by atoms with E-state index in [-0.39, 0.29) is 18.3 Å². The van der Waals surface area contributed by atoms with Crippen LogP contribution in [0.3, 0.4) is 0 Å². The Morgan fingerprint density at radius 2 is 2.30 bits per heavy atom. The summed E-state index contributed by atoms with van der Waals surface area (Å²) < 4.78 is 23.9. The van der Waals surface area contributed by atoms with Crippen molar-refractivity contribution in [2.24, 2.45) is 0 Å². The Kier molecular flexibility index (Phi) is 3.92. The Hall–Kier alpha value is -1.95. The summed E-state index contributed by atoms with van der Waals surface area (Å²) in [6.07, 6.45) is 2.17. The Balaban J connectivity index is 1.61. The third-order valence-electron chi connectivity index (χ3n) is 3.33. The van der Waals surface area contributed by atoms with Gasteiger partial charge in [-0.15, -0.1) is 0 Å². The summed E-state index contributed by atoms with van der Waals surface area (Å²) in [6.45, 7) is 1.98. The highest BCUT2D eigenvalue weighted by atomic mass is 19.1. The summed E-state index contributed by atoms with van der Waals surface area (Å²) in [7, 11) is 0. The van der Waals surface area contributed by atoms with E-state index in [0.717, 1.165) is 25.9 Å². The smallest absolute Gasteiger partial charge is 0.264 e. The van der Waals surface area contributed by atoms with Crippen LogP contribution in [0.1, 0.15) is 30.5 Å². The molecule has 6 heteroatoms. The van der Waals surface area contributed by atoms with Gasteiger partial charge in [0.15, 0.2) is 24.0 Å². The number of nitrogens with zero attached hydrogens (tertiary/aromatic N) is 2. The number of para-hydroxylation sites is 1. The lowest BCUT2D eigenvalue weighted by atomic mass is 9.99. The zero-order chi connectivity index (χ0) is 13.8. The van der Waals surface area contributed by atoms with Gasteiger partial charge in [-0.2, -0.15) is 4.98 Å². The Labute approximate surface area is 116 Å². The van der Waals surface area contributed by atoms with Crippen LogP contribution in [0, 0.1) is 5.82 Å². The monoisotopic (exact) mass is 277 g/mol. The first-order valence-corrected chi connectivity index (χ1v) is 6.73. The summed E-state index contributed by atoms with van der Waals surface area (Å²) in [6, 6.07) is 6.24. The first kappa shape index (κ1) is 13.1. The van der Waals surface area contributed by atoms with Gasteiger partial charge in [-0.25, -0.2) is 4.39 Å². The molecule has 106 valence electrons. The van der Waals surface area contributed by atoms with E-state index in [9.17, 15) is 4.39 Å². The molecule has 0 radical (unpaired) electrons. The zero-order valence-corrected chi connectivity index (χ0v) is 11.0. The lowest BCUT2D eigenvalue weighted by Crippen LogP contribution is -2.28. The number of piperidine rings is 1. The summed E-state index contributed by atoms with van der Waals surface area (Å²) in [5.74, 6) is 1.14. The molecule has 2 heterocycles. The summed E-state index contributed by atoms with van der Waals surface area (Å²) in [5, 5.41) is 7.28. The van der Waals surface area contributed by atoms with Crippen LogP contribution in [0.5, 0.6) is 5.75 Å². The molecule has 1 aromatic carbocycles. The first-order chi connectivity index (χ1) is 9.83. The molecule has 0 unspecified atom stereocenters. The molecule has 3 rings (SSSR count). The van der Waals surface area contributed by atoms with Gasteiger partial charge < -0.3 is 14.6 Å². The number of halogens is 1. The van der Waals surface area contributed by atoms with Gasteiger partial charge in [0.1, 0.15) is 0 Å². The van der Waals surface area contributed by atoms with Crippen LogP contribution >= 0.6 is 0 Å². The van der Waals surface area contributed by atoms with Gasteiger partial charge in [0.25, 0.3) is 5.89 Å². The van der Waals surface area contributed by atoms with Crippen LogP contribution < -0.4 is 10.1 Å². The second kappa shape index (κ2) is 6.00. The molecule has 1 aliphatic heterocycles. The molecule has 0 aliphatic carbocycles. The van der Waals surface area contributed by atoms with Gasteiger partial charge in [0.2, 0.25) is 0 Å². The number of hydrogen-bond acceptors (Lipinski definition) is 5. The van der Waals surface area contributed by atoms with Gasteiger partial charge in [-0.05, 0) is 31.5 Å².